The van der Waals surface area contributed by atoms with Crippen LogP contribution in [0.1, 0.15) is 5.82 Å². The molecule has 4 nitrogen and oxygen atoms in total. The summed E-state index contributed by atoms with van der Waals surface area (Å²) < 4.78 is 1.85. The van der Waals surface area contributed by atoms with Gasteiger partial charge in [-0.2, -0.15) is 0 Å². The first kappa shape index (κ1) is 7.76. The lowest BCUT2D eigenvalue weighted by Gasteiger charge is -1.98. The molecule has 1 heterocycles. The van der Waals surface area contributed by atoms with E-state index in [1.807, 2.05) is 11.6 Å². The fourth-order valence-corrected chi connectivity index (χ4v) is 0.714. The SMILES string of the molecule is C#CCNCc1nncn1C. The summed E-state index contributed by atoms with van der Waals surface area (Å²) in [5, 5.41) is 10.6. The highest BCUT2D eigenvalue weighted by atomic mass is 15.3. The predicted octanol–water partition coefficient (Wildman–Crippen LogP) is -0.462. The van der Waals surface area contributed by atoms with Crippen LogP contribution in [-0.2, 0) is 13.6 Å². The van der Waals surface area contributed by atoms with Crippen LogP contribution in [-0.4, -0.2) is 21.3 Å². The number of nitrogens with one attached hydrogen (secondary N) is 1. The van der Waals surface area contributed by atoms with Gasteiger partial charge in [-0.15, -0.1) is 16.6 Å². The van der Waals surface area contributed by atoms with Crippen molar-refractivity contribution >= 4 is 0 Å². The smallest absolute Gasteiger partial charge is 0.146 e. The Morgan fingerprint density at radius 1 is 1.82 bits per heavy atom. The van der Waals surface area contributed by atoms with Crippen molar-refractivity contribution in [2.75, 3.05) is 6.54 Å². The van der Waals surface area contributed by atoms with Gasteiger partial charge < -0.3 is 4.57 Å². The molecule has 58 valence electrons. The van der Waals surface area contributed by atoms with Crippen LogP contribution >= 0.6 is 0 Å². The molecular formula is C7H10N4. The quantitative estimate of drug-likeness (QED) is 0.468. The van der Waals surface area contributed by atoms with Gasteiger partial charge in [0, 0.05) is 7.05 Å². The molecule has 1 aromatic heterocycles. The molecule has 1 N–H and O–H groups in total. The van der Waals surface area contributed by atoms with Crippen LogP contribution < -0.4 is 5.32 Å². The van der Waals surface area contributed by atoms with Crippen LogP contribution in [0.15, 0.2) is 6.33 Å². The first-order valence-corrected chi connectivity index (χ1v) is 3.31. The third-order valence-electron chi connectivity index (χ3n) is 1.32. The van der Waals surface area contributed by atoms with E-state index in [4.69, 9.17) is 6.42 Å². The second-order valence-corrected chi connectivity index (χ2v) is 2.17. The lowest BCUT2D eigenvalue weighted by Crippen LogP contribution is -2.15. The number of hydrogen-bond acceptors (Lipinski definition) is 3. The second kappa shape index (κ2) is 3.74. The zero-order chi connectivity index (χ0) is 8.10. The maximum atomic E-state index is 5.05. The van der Waals surface area contributed by atoms with Crippen molar-refractivity contribution in [1.29, 1.82) is 0 Å². The Morgan fingerprint density at radius 3 is 3.18 bits per heavy atom. The molecule has 0 bridgehead atoms. The molecule has 1 aromatic rings. The maximum Gasteiger partial charge on any atom is 0.146 e. The molecule has 1 rings (SSSR count). The Morgan fingerprint density at radius 2 is 2.64 bits per heavy atom. The Balaban J connectivity index is 2.40. The summed E-state index contributed by atoms with van der Waals surface area (Å²) in [7, 11) is 1.90. The Hall–Kier alpha value is -1.34. The van der Waals surface area contributed by atoms with Crippen molar-refractivity contribution in [3.8, 4) is 12.3 Å². The summed E-state index contributed by atoms with van der Waals surface area (Å²) in [6.45, 7) is 1.23. The molecule has 11 heavy (non-hydrogen) atoms. The molecule has 0 saturated heterocycles. The lowest BCUT2D eigenvalue weighted by molar-refractivity contribution is 0.683. The molecule has 0 radical (unpaired) electrons. The number of aromatic nitrogens is 3. The van der Waals surface area contributed by atoms with Gasteiger partial charge in [0.05, 0.1) is 13.1 Å². The molecule has 0 fully saturated rings. The average Bonchev–Trinajstić information content (AvgIpc) is 2.37. The summed E-state index contributed by atoms with van der Waals surface area (Å²) in [6, 6.07) is 0. The van der Waals surface area contributed by atoms with E-state index in [-0.39, 0.29) is 0 Å². The number of nitrogens with zero attached hydrogens (tertiary/aromatic N) is 3. The fraction of sp³-hybridized carbons (Fsp3) is 0.429. The summed E-state index contributed by atoms with van der Waals surface area (Å²) in [6.07, 6.45) is 6.71. The van der Waals surface area contributed by atoms with Crippen molar-refractivity contribution in [2.45, 2.75) is 6.54 Å². The van der Waals surface area contributed by atoms with Gasteiger partial charge in [-0.25, -0.2) is 0 Å². The van der Waals surface area contributed by atoms with E-state index in [2.05, 4.69) is 21.4 Å². The standard InChI is InChI=1S/C7H10N4/c1-3-4-8-5-7-10-9-6-11(7)2/h1,6,8H,4-5H2,2H3. The number of rotatable bonds is 3. The predicted molar refractivity (Wildman–Crippen MR) is 41.5 cm³/mol. The van der Waals surface area contributed by atoms with E-state index >= 15 is 0 Å². The topological polar surface area (TPSA) is 42.7 Å². The van der Waals surface area contributed by atoms with Gasteiger partial charge in [-0.1, -0.05) is 5.92 Å². The zero-order valence-corrected chi connectivity index (χ0v) is 6.41. The Bertz CT molecular complexity index is 258. The molecule has 0 aliphatic heterocycles. The normalized spacial score (nSPS) is 9.45. The molecular weight excluding hydrogens is 140 g/mol. The van der Waals surface area contributed by atoms with Gasteiger partial charge in [0.25, 0.3) is 0 Å². The van der Waals surface area contributed by atoms with Crippen LogP contribution in [0.4, 0.5) is 0 Å². The summed E-state index contributed by atoms with van der Waals surface area (Å²) in [4.78, 5) is 0. The molecule has 0 spiro atoms. The first-order valence-electron chi connectivity index (χ1n) is 3.31. The van der Waals surface area contributed by atoms with Crippen molar-refractivity contribution < 1.29 is 0 Å². The van der Waals surface area contributed by atoms with Crippen LogP contribution in [0.3, 0.4) is 0 Å². The van der Waals surface area contributed by atoms with E-state index < -0.39 is 0 Å². The minimum Gasteiger partial charge on any atom is -0.320 e. The monoisotopic (exact) mass is 150 g/mol. The maximum absolute atomic E-state index is 5.05. The Kier molecular flexibility index (Phi) is 2.64. The highest BCUT2D eigenvalue weighted by Gasteiger charge is 1.96. The third kappa shape index (κ3) is 2.06. The molecule has 0 atom stereocenters. The van der Waals surface area contributed by atoms with Crippen molar-refractivity contribution in [3.05, 3.63) is 12.2 Å². The van der Waals surface area contributed by atoms with Gasteiger partial charge in [0.15, 0.2) is 0 Å². The van der Waals surface area contributed by atoms with Crippen LogP contribution in [0.5, 0.6) is 0 Å². The molecule has 4 heteroatoms. The van der Waals surface area contributed by atoms with E-state index in [1.54, 1.807) is 6.33 Å². The van der Waals surface area contributed by atoms with Gasteiger partial charge in [0.1, 0.15) is 12.2 Å². The number of hydrogen-bond donors (Lipinski definition) is 1. The van der Waals surface area contributed by atoms with Gasteiger partial charge in [-0.3, -0.25) is 5.32 Å². The largest absolute Gasteiger partial charge is 0.320 e. The van der Waals surface area contributed by atoms with Crippen molar-refractivity contribution in [2.24, 2.45) is 7.05 Å². The molecule has 0 amide bonds. The van der Waals surface area contributed by atoms with Crippen LogP contribution in [0.2, 0.25) is 0 Å². The van der Waals surface area contributed by atoms with Gasteiger partial charge in [-0.05, 0) is 0 Å². The highest BCUT2D eigenvalue weighted by molar-refractivity contribution is 4.89. The molecule has 0 saturated carbocycles. The summed E-state index contributed by atoms with van der Waals surface area (Å²) in [5.74, 6) is 3.37. The fourth-order valence-electron chi connectivity index (χ4n) is 0.714. The van der Waals surface area contributed by atoms with E-state index in [9.17, 15) is 0 Å². The molecule has 0 aromatic carbocycles. The zero-order valence-electron chi connectivity index (χ0n) is 6.41. The Labute approximate surface area is 65.6 Å². The highest BCUT2D eigenvalue weighted by Crippen LogP contribution is 1.88. The third-order valence-corrected chi connectivity index (χ3v) is 1.32. The summed E-state index contributed by atoms with van der Waals surface area (Å²) >= 11 is 0. The lowest BCUT2D eigenvalue weighted by atomic mass is 10.5. The number of terminal acetylenes is 1. The second-order valence-electron chi connectivity index (χ2n) is 2.17. The number of aryl methyl sites for hydroxylation is 1. The van der Waals surface area contributed by atoms with E-state index in [0.29, 0.717) is 13.1 Å². The summed E-state index contributed by atoms with van der Waals surface area (Å²) in [5.41, 5.74) is 0. The van der Waals surface area contributed by atoms with E-state index in [0.717, 1.165) is 5.82 Å². The molecule has 0 aliphatic carbocycles. The van der Waals surface area contributed by atoms with Crippen LogP contribution in [0.25, 0.3) is 0 Å². The molecule has 0 aliphatic rings. The van der Waals surface area contributed by atoms with E-state index in [1.165, 1.54) is 0 Å². The minimum atomic E-state index is 0.562. The van der Waals surface area contributed by atoms with Gasteiger partial charge >= 0.3 is 0 Å². The van der Waals surface area contributed by atoms with Crippen molar-refractivity contribution in [3.63, 3.8) is 0 Å². The van der Waals surface area contributed by atoms with Crippen LogP contribution in [0, 0.1) is 12.3 Å². The minimum absolute atomic E-state index is 0.562. The average molecular weight is 150 g/mol. The first-order chi connectivity index (χ1) is 5.34. The van der Waals surface area contributed by atoms with Gasteiger partial charge in [0.2, 0.25) is 0 Å². The van der Waals surface area contributed by atoms with Crippen molar-refractivity contribution in [1.82, 2.24) is 20.1 Å². The molecule has 0 unspecified atom stereocenters.